The van der Waals surface area contributed by atoms with Crippen molar-refractivity contribution in [3.63, 3.8) is 0 Å². The van der Waals surface area contributed by atoms with Gasteiger partial charge in [-0.25, -0.2) is 13.6 Å². The number of fused-ring (bicyclic) bond motifs is 1. The second kappa shape index (κ2) is 12.0. The highest BCUT2D eigenvalue weighted by molar-refractivity contribution is 5.92. The van der Waals surface area contributed by atoms with Crippen LogP contribution in [0.25, 0.3) is 11.3 Å². The number of rotatable bonds is 4. The van der Waals surface area contributed by atoms with Gasteiger partial charge in [-0.2, -0.15) is 23.5 Å². The number of benzene rings is 2. The van der Waals surface area contributed by atoms with Crippen molar-refractivity contribution in [2.75, 3.05) is 6.54 Å². The van der Waals surface area contributed by atoms with Gasteiger partial charge in [0.05, 0.1) is 30.4 Å². The van der Waals surface area contributed by atoms with E-state index in [9.17, 15) is 32.0 Å². The topological polar surface area (TPSA) is 112 Å². The summed E-state index contributed by atoms with van der Waals surface area (Å²) in [7, 11) is 0. The highest BCUT2D eigenvalue weighted by Gasteiger charge is 2.38. The zero-order chi connectivity index (χ0) is 29.7. The number of carbonyl (C=O) groups excluding carboxylic acids is 1. The Morgan fingerprint density at radius 1 is 1.05 bits per heavy atom. The van der Waals surface area contributed by atoms with E-state index in [1.165, 1.54) is 12.1 Å². The lowest BCUT2D eigenvalue weighted by Gasteiger charge is -2.27. The van der Waals surface area contributed by atoms with Crippen LogP contribution in [0.3, 0.4) is 0 Å². The van der Waals surface area contributed by atoms with Gasteiger partial charge in [0.15, 0.2) is 0 Å². The van der Waals surface area contributed by atoms with Gasteiger partial charge >= 0.3 is 12.1 Å². The van der Waals surface area contributed by atoms with E-state index in [4.69, 9.17) is 15.0 Å². The number of pyridine rings is 1. The van der Waals surface area contributed by atoms with Crippen molar-refractivity contribution in [2.45, 2.75) is 25.7 Å². The molecule has 0 aliphatic carbocycles. The number of halogens is 5. The molecule has 1 aliphatic rings. The summed E-state index contributed by atoms with van der Waals surface area (Å²) in [5.74, 6) is -4.21. The van der Waals surface area contributed by atoms with Gasteiger partial charge < -0.3 is 10.0 Å². The fraction of sp³-hybridized carbons (Fsp3) is 0.179. The first-order chi connectivity index (χ1) is 19.5. The lowest BCUT2D eigenvalue weighted by atomic mass is 9.99. The minimum Gasteiger partial charge on any atom is -0.475 e. The minimum atomic E-state index is -5.08. The molecule has 8 nitrogen and oxygen atoms in total. The Bertz CT molecular complexity index is 1630. The number of hydrogen-bond donors (Lipinski definition) is 1. The summed E-state index contributed by atoms with van der Waals surface area (Å²) in [5.41, 5.74) is 4.26. The van der Waals surface area contributed by atoms with Gasteiger partial charge in [-0.1, -0.05) is 24.3 Å². The molecule has 0 atom stereocenters. The van der Waals surface area contributed by atoms with Gasteiger partial charge in [0.2, 0.25) is 0 Å². The molecule has 3 heterocycles. The first-order valence-electron chi connectivity index (χ1n) is 12.0. The van der Waals surface area contributed by atoms with Crippen LogP contribution in [0.4, 0.5) is 22.0 Å². The summed E-state index contributed by atoms with van der Waals surface area (Å²) in [5, 5.41) is 21.2. The van der Waals surface area contributed by atoms with Crippen LogP contribution in [-0.4, -0.2) is 49.4 Å². The molecule has 2 aromatic carbocycles. The molecule has 1 aliphatic heterocycles. The Morgan fingerprint density at radius 3 is 2.44 bits per heavy atom. The minimum absolute atomic E-state index is 0.126. The van der Waals surface area contributed by atoms with Crippen LogP contribution < -0.4 is 0 Å². The Labute approximate surface area is 229 Å². The SMILES string of the molecule is N#Cc1cccc(-c2nn(Cc3ccc(F)cc3F)c3c2CN(C(=O)c2ccccn2)CC3)c1.O=C(O)C(F)(F)F. The standard InChI is InChI=1S/C26H19F2N5O.C2HF3O2/c27-20-8-7-19(22(28)13-20)15-33-24-9-11-32(26(34)23-6-1-2-10-30-23)16-21(24)25(31-33)18-5-3-4-17(12-18)14-29;3-2(4,5)1(6)7/h1-8,10,12-13H,9,11,15-16H2;(H,6,7). The highest BCUT2D eigenvalue weighted by Crippen LogP contribution is 2.32. The van der Waals surface area contributed by atoms with Gasteiger partial charge in [-0.3, -0.25) is 14.5 Å². The molecule has 0 radical (unpaired) electrons. The van der Waals surface area contributed by atoms with Gasteiger partial charge in [0, 0.05) is 47.6 Å². The molecular formula is C28H20F5N5O3. The van der Waals surface area contributed by atoms with E-state index in [1.807, 2.05) is 6.07 Å². The molecule has 41 heavy (non-hydrogen) atoms. The number of carboxylic acid groups (broad SMARTS) is 1. The molecule has 0 fully saturated rings. The molecule has 4 aromatic rings. The third kappa shape index (κ3) is 6.73. The van der Waals surface area contributed by atoms with Gasteiger partial charge in [0.1, 0.15) is 17.3 Å². The van der Waals surface area contributed by atoms with E-state index in [2.05, 4.69) is 11.1 Å². The third-order valence-corrected chi connectivity index (χ3v) is 6.15. The number of nitrogens with zero attached hydrogens (tertiary/aromatic N) is 5. The van der Waals surface area contributed by atoms with E-state index >= 15 is 0 Å². The summed E-state index contributed by atoms with van der Waals surface area (Å²) >= 11 is 0. The Morgan fingerprint density at radius 2 is 1.80 bits per heavy atom. The Hall–Kier alpha value is -5.12. The molecule has 5 rings (SSSR count). The van der Waals surface area contributed by atoms with E-state index in [1.54, 1.807) is 52.2 Å². The van der Waals surface area contributed by atoms with Crippen molar-refractivity contribution in [1.82, 2.24) is 19.7 Å². The van der Waals surface area contributed by atoms with Crippen molar-refractivity contribution in [3.8, 4) is 17.3 Å². The van der Waals surface area contributed by atoms with Crippen LogP contribution in [0.2, 0.25) is 0 Å². The summed E-state index contributed by atoms with van der Waals surface area (Å²) in [6.45, 7) is 0.890. The predicted molar refractivity (Wildman–Crippen MR) is 134 cm³/mol. The number of alkyl halides is 3. The molecule has 0 bridgehead atoms. The number of amides is 1. The average molecular weight is 569 g/mol. The number of carbonyl (C=O) groups is 2. The number of aromatic nitrogens is 3. The maximum atomic E-state index is 14.4. The van der Waals surface area contributed by atoms with Crippen molar-refractivity contribution in [2.24, 2.45) is 0 Å². The summed E-state index contributed by atoms with van der Waals surface area (Å²) in [6, 6.07) is 17.9. The smallest absolute Gasteiger partial charge is 0.475 e. The molecule has 210 valence electrons. The molecule has 0 spiro atoms. The number of carboxylic acids is 1. The number of hydrogen-bond acceptors (Lipinski definition) is 5. The zero-order valence-corrected chi connectivity index (χ0v) is 21.1. The van der Waals surface area contributed by atoms with Crippen molar-refractivity contribution in [3.05, 3.63) is 107 Å². The molecule has 2 aromatic heterocycles. The Balaban J connectivity index is 0.000000493. The first-order valence-corrected chi connectivity index (χ1v) is 12.0. The lowest BCUT2D eigenvalue weighted by Crippen LogP contribution is -2.36. The zero-order valence-electron chi connectivity index (χ0n) is 21.1. The highest BCUT2D eigenvalue weighted by atomic mass is 19.4. The summed E-state index contributed by atoms with van der Waals surface area (Å²) in [6.07, 6.45) is -2.99. The second-order valence-corrected chi connectivity index (χ2v) is 8.85. The van der Waals surface area contributed by atoms with E-state index in [0.717, 1.165) is 22.9 Å². The largest absolute Gasteiger partial charge is 0.490 e. The molecule has 0 saturated heterocycles. The number of aliphatic carboxylic acids is 1. The van der Waals surface area contributed by atoms with Crippen LogP contribution in [0.1, 0.15) is 32.9 Å². The molecule has 0 unspecified atom stereocenters. The third-order valence-electron chi connectivity index (χ3n) is 6.15. The van der Waals surface area contributed by atoms with E-state index < -0.39 is 23.8 Å². The first kappa shape index (κ1) is 28.9. The predicted octanol–water partition coefficient (Wildman–Crippen LogP) is 4.98. The molecule has 0 saturated carbocycles. The second-order valence-electron chi connectivity index (χ2n) is 8.85. The monoisotopic (exact) mass is 569 g/mol. The van der Waals surface area contributed by atoms with Crippen LogP contribution in [0, 0.1) is 23.0 Å². The summed E-state index contributed by atoms with van der Waals surface area (Å²) < 4.78 is 61.2. The molecule has 13 heteroatoms. The summed E-state index contributed by atoms with van der Waals surface area (Å²) in [4.78, 5) is 27.8. The van der Waals surface area contributed by atoms with Crippen molar-refractivity contribution in [1.29, 1.82) is 5.26 Å². The van der Waals surface area contributed by atoms with E-state index in [0.29, 0.717) is 42.0 Å². The average Bonchev–Trinajstić information content (AvgIpc) is 3.32. The van der Waals surface area contributed by atoms with Crippen LogP contribution in [0.15, 0.2) is 66.9 Å². The van der Waals surface area contributed by atoms with Gasteiger partial charge in [0.25, 0.3) is 5.91 Å². The van der Waals surface area contributed by atoms with Crippen LogP contribution >= 0.6 is 0 Å². The lowest BCUT2D eigenvalue weighted by molar-refractivity contribution is -0.192. The van der Waals surface area contributed by atoms with Gasteiger partial charge in [-0.15, -0.1) is 0 Å². The Kier molecular flexibility index (Phi) is 8.42. The van der Waals surface area contributed by atoms with Crippen LogP contribution in [-0.2, 0) is 24.3 Å². The van der Waals surface area contributed by atoms with Crippen molar-refractivity contribution < 1.29 is 36.6 Å². The quantitative estimate of drug-likeness (QED) is 0.347. The van der Waals surface area contributed by atoms with E-state index in [-0.39, 0.29) is 12.5 Å². The maximum Gasteiger partial charge on any atom is 0.490 e. The molecule has 1 N–H and O–H groups in total. The normalized spacial score (nSPS) is 12.5. The fourth-order valence-electron chi connectivity index (χ4n) is 4.23. The molecular weight excluding hydrogens is 549 g/mol. The van der Waals surface area contributed by atoms with Crippen molar-refractivity contribution >= 4 is 11.9 Å². The molecule has 1 amide bonds. The maximum absolute atomic E-state index is 14.4. The fourth-order valence-corrected chi connectivity index (χ4v) is 4.23. The van der Waals surface area contributed by atoms with Crippen LogP contribution in [0.5, 0.6) is 0 Å². The number of nitriles is 1. The van der Waals surface area contributed by atoms with Gasteiger partial charge in [-0.05, 0) is 30.3 Å².